The number of nitrogens with zero attached hydrogens (tertiary/aromatic N) is 1. The molecule has 1 aliphatic heterocycles. The zero-order valence-corrected chi connectivity index (χ0v) is 15.7. The van der Waals surface area contributed by atoms with E-state index >= 15 is 0 Å². The van der Waals surface area contributed by atoms with Crippen LogP contribution in [0.5, 0.6) is 5.75 Å². The molecule has 1 saturated heterocycles. The Bertz CT molecular complexity index is 720. The molecule has 0 unspecified atom stereocenters. The summed E-state index contributed by atoms with van der Waals surface area (Å²) < 4.78 is 24.7. The van der Waals surface area contributed by atoms with Crippen molar-refractivity contribution < 1.29 is 23.9 Å². The second-order valence-electron chi connectivity index (χ2n) is 6.91. The Labute approximate surface area is 159 Å². The van der Waals surface area contributed by atoms with Gasteiger partial charge in [-0.15, -0.1) is 0 Å². The van der Waals surface area contributed by atoms with Crippen molar-refractivity contribution in [2.75, 3.05) is 51.3 Å². The summed E-state index contributed by atoms with van der Waals surface area (Å²) in [7, 11) is 1.64. The summed E-state index contributed by atoms with van der Waals surface area (Å²) in [5, 5.41) is 10.3. The van der Waals surface area contributed by atoms with Crippen LogP contribution in [0.3, 0.4) is 0 Å². The molecule has 0 saturated carbocycles. The number of anilines is 1. The number of para-hydroxylation sites is 1. The Kier molecular flexibility index (Phi) is 7.04. The smallest absolute Gasteiger partial charge is 0.146 e. The lowest BCUT2D eigenvalue weighted by molar-refractivity contribution is -0.903. The molecule has 0 spiro atoms. The van der Waals surface area contributed by atoms with Crippen molar-refractivity contribution in [2.24, 2.45) is 0 Å². The van der Waals surface area contributed by atoms with Crippen molar-refractivity contribution in [1.82, 2.24) is 0 Å². The van der Waals surface area contributed by atoms with Crippen LogP contribution in [-0.2, 0) is 11.3 Å². The minimum absolute atomic E-state index is 0.174. The van der Waals surface area contributed by atoms with E-state index in [1.54, 1.807) is 13.2 Å². The highest BCUT2D eigenvalue weighted by atomic mass is 19.1. The molecule has 6 heteroatoms. The predicted octanol–water partition coefficient (Wildman–Crippen LogP) is 1.12. The highest BCUT2D eigenvalue weighted by Crippen LogP contribution is 2.18. The fraction of sp³-hybridized carbons (Fsp3) is 0.429. The lowest BCUT2D eigenvalue weighted by Gasteiger charge is -2.34. The molecule has 3 rings (SSSR count). The molecular formula is C21H28FN2O3+. The SMILES string of the molecule is COc1cccc(COC[C@@H](O)C[NH+]2CCN(c3ccccc3F)CC2)c1. The third-order valence-electron chi connectivity index (χ3n) is 4.90. The first kappa shape index (κ1) is 19.6. The number of hydrogen-bond donors (Lipinski definition) is 2. The quantitative estimate of drug-likeness (QED) is 0.726. The Morgan fingerprint density at radius 3 is 2.67 bits per heavy atom. The molecule has 27 heavy (non-hydrogen) atoms. The minimum Gasteiger partial charge on any atom is -0.497 e. The zero-order valence-electron chi connectivity index (χ0n) is 15.7. The molecule has 0 bridgehead atoms. The first-order valence-corrected chi connectivity index (χ1v) is 9.37. The summed E-state index contributed by atoms with van der Waals surface area (Å²) >= 11 is 0. The number of piperazine rings is 1. The monoisotopic (exact) mass is 375 g/mol. The molecule has 146 valence electrons. The van der Waals surface area contributed by atoms with Gasteiger partial charge in [-0.25, -0.2) is 4.39 Å². The molecule has 1 atom stereocenters. The van der Waals surface area contributed by atoms with Crippen LogP contribution < -0.4 is 14.5 Å². The van der Waals surface area contributed by atoms with Crippen molar-refractivity contribution in [2.45, 2.75) is 12.7 Å². The lowest BCUT2D eigenvalue weighted by Crippen LogP contribution is -3.16. The molecule has 0 aliphatic carbocycles. The van der Waals surface area contributed by atoms with Crippen LogP contribution in [0.1, 0.15) is 5.56 Å². The topological polar surface area (TPSA) is 46.4 Å². The van der Waals surface area contributed by atoms with E-state index in [-0.39, 0.29) is 5.82 Å². The summed E-state index contributed by atoms with van der Waals surface area (Å²) in [6, 6.07) is 14.6. The number of aliphatic hydroxyl groups excluding tert-OH is 1. The number of aliphatic hydroxyl groups is 1. The van der Waals surface area contributed by atoms with Gasteiger partial charge in [0.2, 0.25) is 0 Å². The van der Waals surface area contributed by atoms with Crippen LogP contribution in [0.15, 0.2) is 48.5 Å². The van der Waals surface area contributed by atoms with Crippen LogP contribution in [0.4, 0.5) is 10.1 Å². The third-order valence-corrected chi connectivity index (χ3v) is 4.90. The Morgan fingerprint density at radius 2 is 1.93 bits per heavy atom. The summed E-state index contributed by atoms with van der Waals surface area (Å²) in [4.78, 5) is 3.39. The maximum Gasteiger partial charge on any atom is 0.146 e. The fourth-order valence-electron chi connectivity index (χ4n) is 3.44. The van der Waals surface area contributed by atoms with E-state index in [1.165, 1.54) is 11.0 Å². The average Bonchev–Trinajstić information content (AvgIpc) is 2.69. The number of quaternary nitrogens is 1. The normalized spacial score (nSPS) is 16.3. The van der Waals surface area contributed by atoms with Gasteiger partial charge in [-0.1, -0.05) is 24.3 Å². The number of benzene rings is 2. The van der Waals surface area contributed by atoms with Crippen LogP contribution in [-0.4, -0.2) is 57.7 Å². The van der Waals surface area contributed by atoms with Gasteiger partial charge in [0.05, 0.1) is 52.2 Å². The zero-order chi connectivity index (χ0) is 19.1. The van der Waals surface area contributed by atoms with Gasteiger partial charge < -0.3 is 24.4 Å². The predicted molar refractivity (Wildman–Crippen MR) is 103 cm³/mol. The molecule has 1 heterocycles. The van der Waals surface area contributed by atoms with Crippen molar-refractivity contribution in [3.63, 3.8) is 0 Å². The highest BCUT2D eigenvalue weighted by Gasteiger charge is 2.23. The molecular weight excluding hydrogens is 347 g/mol. The van der Waals surface area contributed by atoms with Gasteiger partial charge in [0.15, 0.2) is 0 Å². The molecule has 0 aromatic heterocycles. The Balaban J connectivity index is 1.38. The third kappa shape index (κ3) is 5.66. The maximum atomic E-state index is 13.9. The van der Waals surface area contributed by atoms with E-state index in [0.717, 1.165) is 37.5 Å². The number of rotatable bonds is 8. The summed E-state index contributed by atoms with van der Waals surface area (Å²) in [6.45, 7) is 4.72. The van der Waals surface area contributed by atoms with E-state index in [9.17, 15) is 9.50 Å². The average molecular weight is 375 g/mol. The largest absolute Gasteiger partial charge is 0.497 e. The van der Waals surface area contributed by atoms with Gasteiger partial charge >= 0.3 is 0 Å². The standard InChI is InChI=1S/C21H27FN2O3/c1-26-19-6-4-5-17(13-19)15-27-16-18(25)14-23-9-11-24(12-10-23)21-8-3-2-7-20(21)22/h2-8,13,18,25H,9-12,14-16H2,1H3/p+1/t18-/m0/s1. The van der Waals surface area contributed by atoms with Crippen LogP contribution in [0.25, 0.3) is 0 Å². The van der Waals surface area contributed by atoms with E-state index in [2.05, 4.69) is 4.90 Å². The summed E-state index contributed by atoms with van der Waals surface area (Å²) in [5.74, 6) is 0.626. The molecule has 0 radical (unpaired) electrons. The van der Waals surface area contributed by atoms with Crippen LogP contribution in [0, 0.1) is 5.82 Å². The summed E-state index contributed by atoms with van der Waals surface area (Å²) in [6.07, 6.45) is -0.509. The van der Waals surface area contributed by atoms with Gasteiger partial charge in [-0.2, -0.15) is 0 Å². The van der Waals surface area contributed by atoms with Crippen LogP contribution >= 0.6 is 0 Å². The van der Waals surface area contributed by atoms with Gasteiger partial charge in [0.25, 0.3) is 0 Å². The van der Waals surface area contributed by atoms with E-state index < -0.39 is 6.10 Å². The Hall–Kier alpha value is -2.15. The molecule has 0 amide bonds. The fourth-order valence-corrected chi connectivity index (χ4v) is 3.44. The van der Waals surface area contributed by atoms with E-state index in [4.69, 9.17) is 9.47 Å². The highest BCUT2D eigenvalue weighted by molar-refractivity contribution is 5.47. The van der Waals surface area contributed by atoms with Gasteiger partial charge in [0.1, 0.15) is 24.2 Å². The van der Waals surface area contributed by atoms with Gasteiger partial charge in [0, 0.05) is 0 Å². The summed E-state index contributed by atoms with van der Waals surface area (Å²) in [5.41, 5.74) is 1.69. The molecule has 1 fully saturated rings. The van der Waals surface area contributed by atoms with Gasteiger partial charge in [-0.3, -0.25) is 0 Å². The number of hydrogen-bond acceptors (Lipinski definition) is 4. The van der Waals surface area contributed by atoms with Crippen LogP contribution in [0.2, 0.25) is 0 Å². The maximum absolute atomic E-state index is 13.9. The second kappa shape index (κ2) is 9.69. The Morgan fingerprint density at radius 1 is 1.15 bits per heavy atom. The number of ether oxygens (including phenoxy) is 2. The first-order chi connectivity index (χ1) is 13.2. The molecule has 2 aromatic rings. The minimum atomic E-state index is -0.509. The second-order valence-corrected chi connectivity index (χ2v) is 6.91. The van der Waals surface area contributed by atoms with Crippen molar-refractivity contribution in [3.8, 4) is 5.75 Å². The number of methoxy groups -OCH3 is 1. The molecule has 2 N–H and O–H groups in total. The number of nitrogens with one attached hydrogen (secondary N) is 1. The molecule has 2 aromatic carbocycles. The van der Waals surface area contributed by atoms with Crippen molar-refractivity contribution in [3.05, 3.63) is 59.9 Å². The number of halogens is 1. The van der Waals surface area contributed by atoms with Crippen molar-refractivity contribution >= 4 is 5.69 Å². The van der Waals surface area contributed by atoms with Gasteiger partial charge in [-0.05, 0) is 29.8 Å². The molecule has 1 aliphatic rings. The lowest BCUT2D eigenvalue weighted by atomic mass is 10.2. The van der Waals surface area contributed by atoms with E-state index in [1.807, 2.05) is 36.4 Å². The molecule has 5 nitrogen and oxygen atoms in total. The van der Waals surface area contributed by atoms with Crippen molar-refractivity contribution in [1.29, 1.82) is 0 Å². The first-order valence-electron chi connectivity index (χ1n) is 9.37. The van der Waals surface area contributed by atoms with E-state index in [0.29, 0.717) is 25.4 Å².